The van der Waals surface area contributed by atoms with Gasteiger partial charge in [-0.15, -0.1) is 0 Å². The molecule has 4 nitrogen and oxygen atoms in total. The summed E-state index contributed by atoms with van der Waals surface area (Å²) in [6.07, 6.45) is 8.31. The fourth-order valence-electron chi connectivity index (χ4n) is 4.80. The van der Waals surface area contributed by atoms with E-state index < -0.39 is 0 Å². The van der Waals surface area contributed by atoms with E-state index in [1.54, 1.807) is 0 Å². The number of carbonyl (C=O) groups is 1. The zero-order valence-electron chi connectivity index (χ0n) is 12.3. The number of hydrogen-bond donors (Lipinski definition) is 0. The van der Waals surface area contributed by atoms with Gasteiger partial charge in [-0.05, 0) is 32.2 Å². The zero-order valence-corrected chi connectivity index (χ0v) is 12.3. The topological polar surface area (TPSA) is 32.8 Å². The number of Topliss-reactive ketones (excluding diaryl/α,β-unsaturated/α-hetero) is 1. The lowest BCUT2D eigenvalue weighted by Crippen LogP contribution is -2.57. The van der Waals surface area contributed by atoms with Crippen molar-refractivity contribution in [2.75, 3.05) is 26.2 Å². The van der Waals surface area contributed by atoms with Crippen molar-refractivity contribution in [2.45, 2.75) is 69.2 Å². The largest absolute Gasteiger partial charge is 0.374 e. The predicted octanol–water partition coefficient (Wildman–Crippen LogP) is 1.44. The Morgan fingerprint density at radius 3 is 2.60 bits per heavy atom. The number of ketones is 1. The van der Waals surface area contributed by atoms with Crippen LogP contribution in [0.5, 0.6) is 0 Å². The molecule has 4 heteroatoms. The fourth-order valence-corrected chi connectivity index (χ4v) is 4.80. The highest BCUT2D eigenvalue weighted by Gasteiger charge is 2.40. The maximum atomic E-state index is 11.8. The van der Waals surface area contributed by atoms with Gasteiger partial charge in [0.05, 0.1) is 12.7 Å². The van der Waals surface area contributed by atoms with Crippen molar-refractivity contribution in [1.29, 1.82) is 0 Å². The van der Waals surface area contributed by atoms with E-state index in [-0.39, 0.29) is 0 Å². The Morgan fingerprint density at radius 2 is 1.80 bits per heavy atom. The second-order valence-electron chi connectivity index (χ2n) is 7.13. The summed E-state index contributed by atoms with van der Waals surface area (Å²) in [5, 5.41) is 0. The third-order valence-corrected chi connectivity index (χ3v) is 5.82. The molecule has 4 aliphatic heterocycles. The van der Waals surface area contributed by atoms with E-state index in [0.29, 0.717) is 30.0 Å². The highest BCUT2D eigenvalue weighted by atomic mass is 16.5. The lowest BCUT2D eigenvalue weighted by molar-refractivity contribution is -0.130. The van der Waals surface area contributed by atoms with Crippen LogP contribution in [0.15, 0.2) is 0 Å². The van der Waals surface area contributed by atoms with Gasteiger partial charge in [0.2, 0.25) is 0 Å². The van der Waals surface area contributed by atoms with Crippen LogP contribution in [-0.2, 0) is 9.53 Å². The quantitative estimate of drug-likeness (QED) is 0.765. The van der Waals surface area contributed by atoms with Crippen molar-refractivity contribution in [1.82, 2.24) is 9.80 Å². The van der Waals surface area contributed by atoms with Gasteiger partial charge in [-0.1, -0.05) is 6.42 Å². The van der Waals surface area contributed by atoms with Crippen LogP contribution < -0.4 is 0 Å². The van der Waals surface area contributed by atoms with Crippen molar-refractivity contribution < 1.29 is 9.53 Å². The normalized spacial score (nSPS) is 42.7. The highest BCUT2D eigenvalue weighted by molar-refractivity contribution is 5.80. The summed E-state index contributed by atoms with van der Waals surface area (Å²) < 4.78 is 6.12. The highest BCUT2D eigenvalue weighted by Crippen LogP contribution is 2.33. The molecule has 4 rings (SSSR count). The zero-order chi connectivity index (χ0) is 13.5. The van der Waals surface area contributed by atoms with Gasteiger partial charge in [-0.3, -0.25) is 14.6 Å². The van der Waals surface area contributed by atoms with E-state index in [4.69, 9.17) is 4.74 Å². The maximum absolute atomic E-state index is 11.8. The number of piperidine rings is 2. The van der Waals surface area contributed by atoms with Crippen molar-refractivity contribution in [3.05, 3.63) is 0 Å². The number of carbonyl (C=O) groups excluding carboxylic acids is 1. The summed E-state index contributed by atoms with van der Waals surface area (Å²) in [7, 11) is 0. The standard InChI is InChI=1S/C16H26N2O2/c19-15-7-12-3-1-4-13(8-15)18(12)10-16-9-17-6-2-5-14(17)11-20-16/h12-14,16H,1-11H2. The Balaban J connectivity index is 1.40. The third kappa shape index (κ3) is 2.42. The molecule has 0 saturated carbocycles. The molecule has 4 fully saturated rings. The maximum Gasteiger partial charge on any atom is 0.136 e. The van der Waals surface area contributed by atoms with Gasteiger partial charge in [0.1, 0.15) is 5.78 Å². The van der Waals surface area contributed by atoms with Gasteiger partial charge < -0.3 is 4.74 Å². The van der Waals surface area contributed by atoms with E-state index in [0.717, 1.165) is 32.5 Å². The Kier molecular flexibility index (Phi) is 3.57. The van der Waals surface area contributed by atoms with Crippen molar-refractivity contribution >= 4 is 5.78 Å². The fraction of sp³-hybridized carbons (Fsp3) is 0.938. The van der Waals surface area contributed by atoms with Crippen LogP contribution in [0.1, 0.15) is 44.9 Å². The first-order chi connectivity index (χ1) is 9.79. The average molecular weight is 278 g/mol. The molecule has 0 radical (unpaired) electrons. The van der Waals surface area contributed by atoms with Crippen LogP contribution >= 0.6 is 0 Å². The molecule has 4 unspecified atom stereocenters. The molecule has 0 N–H and O–H groups in total. The van der Waals surface area contributed by atoms with E-state index in [2.05, 4.69) is 9.80 Å². The van der Waals surface area contributed by atoms with Crippen LogP contribution in [0, 0.1) is 0 Å². The SMILES string of the molecule is O=C1CC2CCCC(C1)N2CC1CN2CCCC2CO1. The third-order valence-electron chi connectivity index (χ3n) is 5.82. The summed E-state index contributed by atoms with van der Waals surface area (Å²) in [6, 6.07) is 1.71. The van der Waals surface area contributed by atoms with Crippen LogP contribution in [0.4, 0.5) is 0 Å². The smallest absolute Gasteiger partial charge is 0.136 e. The average Bonchev–Trinajstić information content (AvgIpc) is 2.87. The van der Waals surface area contributed by atoms with Gasteiger partial charge in [0.15, 0.2) is 0 Å². The number of fused-ring (bicyclic) bond motifs is 3. The molecule has 2 bridgehead atoms. The molecule has 0 aromatic heterocycles. The molecule has 4 saturated heterocycles. The monoisotopic (exact) mass is 278 g/mol. The first-order valence-electron chi connectivity index (χ1n) is 8.42. The Hall–Kier alpha value is -0.450. The molecule has 0 aromatic rings. The van der Waals surface area contributed by atoms with Gasteiger partial charge in [0, 0.05) is 44.1 Å². The molecular weight excluding hydrogens is 252 g/mol. The second-order valence-corrected chi connectivity index (χ2v) is 7.13. The van der Waals surface area contributed by atoms with Crippen LogP contribution in [0.25, 0.3) is 0 Å². The second kappa shape index (κ2) is 5.39. The number of rotatable bonds is 2. The van der Waals surface area contributed by atoms with Gasteiger partial charge in [0.25, 0.3) is 0 Å². The Bertz CT molecular complexity index is 371. The number of hydrogen-bond acceptors (Lipinski definition) is 4. The van der Waals surface area contributed by atoms with Crippen molar-refractivity contribution in [3.8, 4) is 0 Å². The molecule has 4 heterocycles. The predicted molar refractivity (Wildman–Crippen MR) is 76.7 cm³/mol. The van der Waals surface area contributed by atoms with Gasteiger partial charge in [-0.2, -0.15) is 0 Å². The summed E-state index contributed by atoms with van der Waals surface area (Å²) in [6.45, 7) is 4.34. The van der Waals surface area contributed by atoms with Crippen molar-refractivity contribution in [3.63, 3.8) is 0 Å². The molecule has 0 aromatic carbocycles. The number of ether oxygens (including phenoxy) is 1. The van der Waals surface area contributed by atoms with E-state index in [1.165, 1.54) is 38.6 Å². The first-order valence-corrected chi connectivity index (χ1v) is 8.42. The minimum absolute atomic E-state index is 0.362. The molecule has 20 heavy (non-hydrogen) atoms. The molecule has 0 amide bonds. The van der Waals surface area contributed by atoms with Crippen LogP contribution in [0.2, 0.25) is 0 Å². The minimum Gasteiger partial charge on any atom is -0.374 e. The first kappa shape index (κ1) is 13.2. The summed E-state index contributed by atoms with van der Waals surface area (Å²) in [5.41, 5.74) is 0. The van der Waals surface area contributed by atoms with Gasteiger partial charge in [-0.25, -0.2) is 0 Å². The minimum atomic E-state index is 0.362. The van der Waals surface area contributed by atoms with E-state index >= 15 is 0 Å². The van der Waals surface area contributed by atoms with E-state index in [9.17, 15) is 4.79 Å². The molecule has 0 aliphatic carbocycles. The molecule has 4 aliphatic rings. The molecular formula is C16H26N2O2. The molecule has 112 valence electrons. The van der Waals surface area contributed by atoms with Crippen LogP contribution in [0.3, 0.4) is 0 Å². The Morgan fingerprint density at radius 1 is 1.05 bits per heavy atom. The summed E-state index contributed by atoms with van der Waals surface area (Å²) >= 11 is 0. The lowest BCUT2D eigenvalue weighted by atomic mass is 9.83. The van der Waals surface area contributed by atoms with Crippen LogP contribution in [-0.4, -0.2) is 66.1 Å². The van der Waals surface area contributed by atoms with E-state index in [1.807, 2.05) is 0 Å². The molecule has 0 spiro atoms. The Labute approximate surface area is 121 Å². The van der Waals surface area contributed by atoms with Gasteiger partial charge >= 0.3 is 0 Å². The number of morpholine rings is 1. The molecule has 4 atom stereocenters. The summed E-state index contributed by atoms with van der Waals surface area (Å²) in [4.78, 5) is 17.0. The lowest BCUT2D eigenvalue weighted by Gasteiger charge is -2.48. The van der Waals surface area contributed by atoms with Crippen molar-refractivity contribution in [2.24, 2.45) is 0 Å². The summed E-state index contributed by atoms with van der Waals surface area (Å²) in [5.74, 6) is 0.486. The number of nitrogens with zero attached hydrogens (tertiary/aromatic N) is 2.